The highest BCUT2D eigenvalue weighted by Gasteiger charge is 2.32. The van der Waals surface area contributed by atoms with Gasteiger partial charge >= 0.3 is 0 Å². The van der Waals surface area contributed by atoms with Gasteiger partial charge in [0.15, 0.2) is 10.6 Å². The number of amides is 1. The average Bonchev–Trinajstić information content (AvgIpc) is 3.09. The Morgan fingerprint density at radius 3 is 2.60 bits per heavy atom. The molecular formula is C20H27N5O3S2. The lowest BCUT2D eigenvalue weighted by atomic mass is 9.92. The second-order valence-electron chi connectivity index (χ2n) is 8.04. The quantitative estimate of drug-likeness (QED) is 0.681. The van der Waals surface area contributed by atoms with E-state index < -0.39 is 10.0 Å². The molecule has 1 aromatic carbocycles. The molecule has 0 unspecified atom stereocenters. The normalized spacial score (nSPS) is 18.2. The summed E-state index contributed by atoms with van der Waals surface area (Å²) in [6.07, 6.45) is 5.27. The number of aromatic amines is 1. The van der Waals surface area contributed by atoms with Gasteiger partial charge in [-0.2, -0.15) is 9.40 Å². The summed E-state index contributed by atoms with van der Waals surface area (Å²) in [5.41, 5.74) is 2.43. The number of carbonyl (C=O) groups is 1. The fourth-order valence-electron chi connectivity index (χ4n) is 4.23. The van der Waals surface area contributed by atoms with E-state index >= 15 is 0 Å². The van der Waals surface area contributed by atoms with Crippen LogP contribution in [0.5, 0.6) is 0 Å². The summed E-state index contributed by atoms with van der Waals surface area (Å²) in [5.74, 6) is 0.378. The van der Waals surface area contributed by atoms with Gasteiger partial charge in [0.2, 0.25) is 15.9 Å². The number of nitrogens with one attached hydrogen (secondary N) is 2. The molecule has 1 fully saturated rings. The zero-order chi connectivity index (χ0) is 21.3. The third-order valence-corrected chi connectivity index (χ3v) is 8.44. The molecule has 0 atom stereocenters. The predicted octanol–water partition coefficient (Wildman–Crippen LogP) is 2.07. The lowest BCUT2D eigenvalue weighted by Gasteiger charge is -2.31. The van der Waals surface area contributed by atoms with Gasteiger partial charge in [-0.3, -0.25) is 9.89 Å². The van der Waals surface area contributed by atoms with Crippen LogP contribution in [0, 0.1) is 10.7 Å². The highest BCUT2D eigenvalue weighted by atomic mass is 32.2. The van der Waals surface area contributed by atoms with Crippen LogP contribution in [0.4, 0.5) is 0 Å². The van der Waals surface area contributed by atoms with Gasteiger partial charge in [-0.05, 0) is 74.0 Å². The van der Waals surface area contributed by atoms with Crippen molar-refractivity contribution < 1.29 is 13.2 Å². The highest BCUT2D eigenvalue weighted by molar-refractivity contribution is 7.89. The molecule has 0 radical (unpaired) electrons. The lowest BCUT2D eigenvalue weighted by molar-refractivity contribution is -0.126. The number of rotatable bonds is 5. The molecule has 1 amide bonds. The number of nitrogens with zero attached hydrogens (tertiary/aromatic N) is 3. The molecule has 0 spiro atoms. The van der Waals surface area contributed by atoms with Crippen LogP contribution in [0.15, 0.2) is 23.1 Å². The van der Waals surface area contributed by atoms with Crippen molar-refractivity contribution >= 4 is 28.1 Å². The minimum absolute atomic E-state index is 0.0743. The van der Waals surface area contributed by atoms with E-state index in [0.29, 0.717) is 41.4 Å². The van der Waals surface area contributed by atoms with E-state index in [1.165, 1.54) is 16.3 Å². The molecule has 4 rings (SSSR count). The molecule has 2 heterocycles. The molecule has 0 saturated carbocycles. The summed E-state index contributed by atoms with van der Waals surface area (Å²) in [4.78, 5) is 12.9. The molecule has 1 aliphatic heterocycles. The summed E-state index contributed by atoms with van der Waals surface area (Å²) in [5, 5.41) is 9.66. The topological polar surface area (TPSA) is 100 Å². The minimum atomic E-state index is -3.53. The fourth-order valence-corrected chi connectivity index (χ4v) is 5.90. The zero-order valence-electron chi connectivity index (χ0n) is 17.1. The Balaban J connectivity index is 1.36. The fraction of sp³-hybridized carbons (Fsp3) is 0.550. The minimum Gasteiger partial charge on any atom is -0.349 e. The summed E-state index contributed by atoms with van der Waals surface area (Å²) in [6, 6.07) is 5.54. The van der Waals surface area contributed by atoms with Gasteiger partial charge < -0.3 is 9.88 Å². The monoisotopic (exact) mass is 449 g/mol. The number of hydrogen-bond acceptors (Lipinski definition) is 5. The van der Waals surface area contributed by atoms with Crippen LogP contribution < -0.4 is 5.32 Å². The molecule has 30 heavy (non-hydrogen) atoms. The molecule has 2 aromatic rings. The first-order chi connectivity index (χ1) is 14.4. The van der Waals surface area contributed by atoms with E-state index in [2.05, 4.69) is 15.5 Å². The maximum absolute atomic E-state index is 13.1. The van der Waals surface area contributed by atoms with Crippen LogP contribution in [0.25, 0.3) is 0 Å². The zero-order valence-corrected chi connectivity index (χ0v) is 18.7. The van der Waals surface area contributed by atoms with Gasteiger partial charge in [-0.25, -0.2) is 8.42 Å². The van der Waals surface area contributed by atoms with Crippen LogP contribution >= 0.6 is 12.2 Å². The Labute approximate surface area is 181 Å². The number of aromatic nitrogens is 3. The smallest absolute Gasteiger partial charge is 0.243 e. The van der Waals surface area contributed by atoms with Crippen molar-refractivity contribution in [3.63, 3.8) is 0 Å². The van der Waals surface area contributed by atoms with E-state index in [-0.39, 0.29) is 18.4 Å². The molecular weight excluding hydrogens is 422 g/mol. The SMILES string of the molecule is Cn1c(CNC(=O)C2CCN(S(=O)(=O)c3ccc4c(c3)CCCC4)CC2)n[nH]c1=S. The van der Waals surface area contributed by atoms with Crippen molar-refractivity contribution in [3.8, 4) is 0 Å². The summed E-state index contributed by atoms with van der Waals surface area (Å²) in [7, 11) is -1.74. The van der Waals surface area contributed by atoms with Gasteiger partial charge in [0.1, 0.15) is 0 Å². The summed E-state index contributed by atoms with van der Waals surface area (Å²) < 4.78 is 29.9. The number of hydrogen-bond donors (Lipinski definition) is 2. The number of H-pyrrole nitrogens is 1. The Morgan fingerprint density at radius 1 is 1.23 bits per heavy atom. The predicted molar refractivity (Wildman–Crippen MR) is 115 cm³/mol. The number of carbonyl (C=O) groups excluding carboxylic acids is 1. The largest absolute Gasteiger partial charge is 0.349 e. The van der Waals surface area contributed by atoms with Gasteiger partial charge in [0.25, 0.3) is 0 Å². The first kappa shape index (κ1) is 21.2. The van der Waals surface area contributed by atoms with E-state index in [1.54, 1.807) is 17.7 Å². The lowest BCUT2D eigenvalue weighted by Crippen LogP contribution is -2.43. The maximum atomic E-state index is 13.1. The van der Waals surface area contributed by atoms with Crippen molar-refractivity contribution in [1.82, 2.24) is 24.4 Å². The molecule has 162 valence electrons. The van der Waals surface area contributed by atoms with Gasteiger partial charge in [-0.1, -0.05) is 6.07 Å². The molecule has 2 aliphatic rings. The number of aryl methyl sites for hydroxylation is 2. The summed E-state index contributed by atoms with van der Waals surface area (Å²) >= 11 is 5.07. The molecule has 8 nitrogen and oxygen atoms in total. The van der Waals surface area contributed by atoms with Crippen LogP contribution in [-0.2, 0) is 41.3 Å². The van der Waals surface area contributed by atoms with Crippen LogP contribution in [-0.4, -0.2) is 46.5 Å². The average molecular weight is 450 g/mol. The molecule has 2 N–H and O–H groups in total. The van der Waals surface area contributed by atoms with Crippen LogP contribution in [0.1, 0.15) is 42.6 Å². The van der Waals surface area contributed by atoms with Crippen LogP contribution in [0.3, 0.4) is 0 Å². The third-order valence-electron chi connectivity index (χ3n) is 6.18. The van der Waals surface area contributed by atoms with Crippen molar-refractivity contribution in [2.75, 3.05) is 13.1 Å². The number of fused-ring (bicyclic) bond motifs is 1. The number of sulfonamides is 1. The Morgan fingerprint density at radius 2 is 1.93 bits per heavy atom. The maximum Gasteiger partial charge on any atom is 0.243 e. The third kappa shape index (κ3) is 4.21. The van der Waals surface area contributed by atoms with Gasteiger partial charge in [0, 0.05) is 26.1 Å². The standard InChI is InChI=1S/C20H27N5O3S2/c1-24-18(22-23-20(24)29)13-21-19(26)15-8-10-25(11-9-15)30(27,28)17-7-6-14-4-2-3-5-16(14)12-17/h6-7,12,15H,2-5,8-11,13H2,1H3,(H,21,26)(H,23,29). The Hall–Kier alpha value is -2.04. The van der Waals surface area contributed by atoms with Crippen molar-refractivity contribution in [2.45, 2.75) is 50.0 Å². The van der Waals surface area contributed by atoms with Crippen molar-refractivity contribution in [3.05, 3.63) is 39.9 Å². The molecule has 10 heteroatoms. The molecule has 1 aromatic heterocycles. The second kappa shape index (κ2) is 8.60. The van der Waals surface area contributed by atoms with Crippen LogP contribution in [0.2, 0.25) is 0 Å². The Bertz CT molecular complexity index is 1100. The van der Waals surface area contributed by atoms with E-state index in [0.717, 1.165) is 24.8 Å². The van der Waals surface area contributed by atoms with Gasteiger partial charge in [-0.15, -0.1) is 0 Å². The van der Waals surface area contributed by atoms with Crippen molar-refractivity contribution in [1.29, 1.82) is 0 Å². The van der Waals surface area contributed by atoms with E-state index in [4.69, 9.17) is 12.2 Å². The molecule has 0 bridgehead atoms. The first-order valence-corrected chi connectivity index (χ1v) is 12.2. The van der Waals surface area contributed by atoms with Crippen molar-refractivity contribution in [2.24, 2.45) is 13.0 Å². The molecule has 1 aliphatic carbocycles. The highest BCUT2D eigenvalue weighted by Crippen LogP contribution is 2.28. The number of benzene rings is 1. The van der Waals surface area contributed by atoms with E-state index in [9.17, 15) is 13.2 Å². The van der Waals surface area contributed by atoms with E-state index in [1.807, 2.05) is 12.1 Å². The van der Waals surface area contributed by atoms with Gasteiger partial charge in [0.05, 0.1) is 11.4 Å². The summed E-state index contributed by atoms with van der Waals surface area (Å²) in [6.45, 7) is 0.990. The first-order valence-electron chi connectivity index (χ1n) is 10.4. The molecule has 1 saturated heterocycles. The second-order valence-corrected chi connectivity index (χ2v) is 10.4. The Kier molecular flexibility index (Phi) is 6.08. The number of piperidine rings is 1.